The van der Waals surface area contributed by atoms with Crippen LogP contribution in [0.4, 0.5) is 0 Å². The van der Waals surface area contributed by atoms with Crippen LogP contribution in [0.25, 0.3) is 0 Å². The van der Waals surface area contributed by atoms with Gasteiger partial charge in [-0.05, 0) is 37.0 Å². The van der Waals surface area contributed by atoms with Gasteiger partial charge in [0.15, 0.2) is 0 Å². The number of ether oxygens (including phenoxy) is 1. The molecule has 1 aliphatic heterocycles. The molecule has 1 aliphatic rings. The molecule has 1 aromatic carbocycles. The zero-order chi connectivity index (χ0) is 15.9. The van der Waals surface area contributed by atoms with Crippen LogP contribution in [0, 0.1) is 0 Å². The number of carbonyl (C=O) groups excluding carboxylic acids is 2. The maximum Gasteiger partial charge on any atom is 0.222 e. The lowest BCUT2D eigenvalue weighted by Gasteiger charge is -2.30. The number of benzene rings is 1. The van der Waals surface area contributed by atoms with Crippen LogP contribution in [0.5, 0.6) is 5.75 Å². The van der Waals surface area contributed by atoms with E-state index in [1.807, 2.05) is 24.3 Å². The summed E-state index contributed by atoms with van der Waals surface area (Å²) in [5.41, 5.74) is 1.21. The second kappa shape index (κ2) is 7.82. The second-order valence-corrected chi connectivity index (χ2v) is 5.78. The molecule has 2 rings (SSSR count). The van der Waals surface area contributed by atoms with E-state index < -0.39 is 0 Å². The summed E-state index contributed by atoms with van der Waals surface area (Å²) < 4.78 is 5.12. The molecule has 2 amide bonds. The molecule has 0 aliphatic carbocycles. The van der Waals surface area contributed by atoms with Crippen molar-refractivity contribution in [3.63, 3.8) is 0 Å². The average molecular weight is 304 g/mol. The lowest BCUT2D eigenvalue weighted by molar-refractivity contribution is -0.134. The number of likely N-dealkylation sites (tertiary alicyclic amines) is 1. The summed E-state index contributed by atoms with van der Waals surface area (Å²) in [7, 11) is 3.43. The normalized spacial score (nSPS) is 18.2. The van der Waals surface area contributed by atoms with Gasteiger partial charge in [-0.1, -0.05) is 12.1 Å². The molecular weight excluding hydrogens is 280 g/mol. The molecular formula is C17H24N2O3. The van der Waals surface area contributed by atoms with E-state index in [-0.39, 0.29) is 17.9 Å². The Balaban J connectivity index is 1.68. The fraction of sp³-hybridized carbons (Fsp3) is 0.529. The smallest absolute Gasteiger partial charge is 0.222 e. The van der Waals surface area contributed by atoms with Gasteiger partial charge in [0.2, 0.25) is 11.8 Å². The SMILES string of the molecule is COc1ccc(CCCC(=O)NC2CCC(=O)N(C)C2)cc1. The van der Waals surface area contributed by atoms with Gasteiger partial charge in [-0.25, -0.2) is 0 Å². The van der Waals surface area contributed by atoms with Gasteiger partial charge in [-0.3, -0.25) is 9.59 Å². The van der Waals surface area contributed by atoms with Crippen molar-refractivity contribution in [3.8, 4) is 5.75 Å². The lowest BCUT2D eigenvalue weighted by atomic mass is 10.0. The third kappa shape index (κ3) is 4.76. The third-order valence-corrected chi connectivity index (χ3v) is 4.02. The van der Waals surface area contributed by atoms with Crippen molar-refractivity contribution in [2.75, 3.05) is 20.7 Å². The highest BCUT2D eigenvalue weighted by Crippen LogP contribution is 2.13. The summed E-state index contributed by atoms with van der Waals surface area (Å²) in [5.74, 6) is 1.07. The summed E-state index contributed by atoms with van der Waals surface area (Å²) >= 11 is 0. The predicted molar refractivity (Wildman–Crippen MR) is 84.7 cm³/mol. The standard InChI is InChI=1S/C17H24N2O3/c1-19-12-14(8-11-17(19)21)18-16(20)5-3-4-13-6-9-15(22-2)10-7-13/h6-7,9-10,14H,3-5,8,11-12H2,1-2H3,(H,18,20). The summed E-state index contributed by atoms with van der Waals surface area (Å²) in [6.45, 7) is 0.614. The highest BCUT2D eigenvalue weighted by atomic mass is 16.5. The maximum absolute atomic E-state index is 12.0. The quantitative estimate of drug-likeness (QED) is 0.871. The van der Waals surface area contributed by atoms with Crippen LogP contribution in [0.2, 0.25) is 0 Å². The van der Waals surface area contributed by atoms with Crippen LogP contribution in [0.3, 0.4) is 0 Å². The number of amides is 2. The summed E-state index contributed by atoms with van der Waals surface area (Å²) in [5, 5.41) is 3.02. The molecule has 1 fully saturated rings. The fourth-order valence-corrected chi connectivity index (χ4v) is 2.68. The number of likely N-dealkylation sites (N-methyl/N-ethyl adjacent to an activating group) is 1. The first kappa shape index (κ1) is 16.3. The Hall–Kier alpha value is -2.04. The van der Waals surface area contributed by atoms with E-state index in [4.69, 9.17) is 4.74 Å². The minimum atomic E-state index is 0.0706. The Bertz CT molecular complexity index is 513. The Morgan fingerprint density at radius 2 is 2.09 bits per heavy atom. The number of aryl methyl sites for hydroxylation is 1. The van der Waals surface area contributed by atoms with Crippen molar-refractivity contribution < 1.29 is 14.3 Å². The molecule has 22 heavy (non-hydrogen) atoms. The van der Waals surface area contributed by atoms with Crippen molar-refractivity contribution in [3.05, 3.63) is 29.8 Å². The minimum absolute atomic E-state index is 0.0706. The average Bonchev–Trinajstić information content (AvgIpc) is 2.51. The van der Waals surface area contributed by atoms with Gasteiger partial charge in [-0.15, -0.1) is 0 Å². The van der Waals surface area contributed by atoms with Crippen LogP contribution in [0.1, 0.15) is 31.2 Å². The Kier molecular flexibility index (Phi) is 5.81. The molecule has 5 heteroatoms. The second-order valence-electron chi connectivity index (χ2n) is 5.78. The van der Waals surface area contributed by atoms with Gasteiger partial charge in [0.05, 0.1) is 7.11 Å². The van der Waals surface area contributed by atoms with E-state index in [1.165, 1.54) is 5.56 Å². The van der Waals surface area contributed by atoms with Gasteiger partial charge < -0.3 is 15.0 Å². The van der Waals surface area contributed by atoms with Crippen LogP contribution in [-0.4, -0.2) is 43.5 Å². The number of piperidine rings is 1. The van der Waals surface area contributed by atoms with Gasteiger partial charge in [0.1, 0.15) is 5.75 Å². The molecule has 0 spiro atoms. The number of methoxy groups -OCH3 is 1. The lowest BCUT2D eigenvalue weighted by Crippen LogP contribution is -2.48. The number of hydrogen-bond donors (Lipinski definition) is 1. The monoisotopic (exact) mass is 304 g/mol. The van der Waals surface area contributed by atoms with Crippen molar-refractivity contribution in [2.24, 2.45) is 0 Å². The molecule has 1 N–H and O–H groups in total. The fourth-order valence-electron chi connectivity index (χ4n) is 2.68. The maximum atomic E-state index is 12.0. The molecule has 5 nitrogen and oxygen atoms in total. The number of nitrogens with zero attached hydrogens (tertiary/aromatic N) is 1. The van der Waals surface area contributed by atoms with Gasteiger partial charge >= 0.3 is 0 Å². The molecule has 1 aromatic rings. The Labute approximate surface area is 131 Å². The first-order valence-corrected chi connectivity index (χ1v) is 7.74. The molecule has 0 aromatic heterocycles. The van der Waals surface area contributed by atoms with E-state index in [0.717, 1.165) is 25.0 Å². The summed E-state index contributed by atoms with van der Waals surface area (Å²) in [6.07, 6.45) is 3.47. The van der Waals surface area contributed by atoms with E-state index in [2.05, 4.69) is 5.32 Å². The van der Waals surface area contributed by atoms with Crippen LogP contribution in [0.15, 0.2) is 24.3 Å². The molecule has 1 unspecified atom stereocenters. The van der Waals surface area contributed by atoms with Gasteiger partial charge in [0.25, 0.3) is 0 Å². The van der Waals surface area contributed by atoms with E-state index in [9.17, 15) is 9.59 Å². The minimum Gasteiger partial charge on any atom is -0.497 e. The topological polar surface area (TPSA) is 58.6 Å². The molecule has 1 saturated heterocycles. The molecule has 0 bridgehead atoms. The zero-order valence-corrected chi connectivity index (χ0v) is 13.3. The van der Waals surface area contributed by atoms with E-state index in [1.54, 1.807) is 19.1 Å². The highest BCUT2D eigenvalue weighted by molar-refractivity contribution is 5.78. The number of rotatable bonds is 6. The van der Waals surface area contributed by atoms with Crippen molar-refractivity contribution in [2.45, 2.75) is 38.1 Å². The third-order valence-electron chi connectivity index (χ3n) is 4.02. The number of nitrogens with one attached hydrogen (secondary N) is 1. The van der Waals surface area contributed by atoms with Crippen LogP contribution >= 0.6 is 0 Å². The summed E-state index contributed by atoms with van der Waals surface area (Å²) in [4.78, 5) is 25.0. The van der Waals surface area contributed by atoms with Crippen molar-refractivity contribution in [1.82, 2.24) is 10.2 Å². The van der Waals surface area contributed by atoms with Crippen LogP contribution in [-0.2, 0) is 16.0 Å². The first-order chi connectivity index (χ1) is 10.6. The number of carbonyl (C=O) groups is 2. The molecule has 0 saturated carbocycles. The number of hydrogen-bond acceptors (Lipinski definition) is 3. The molecule has 1 heterocycles. The Morgan fingerprint density at radius 1 is 1.36 bits per heavy atom. The molecule has 1 atom stereocenters. The van der Waals surface area contributed by atoms with Crippen molar-refractivity contribution in [1.29, 1.82) is 0 Å². The first-order valence-electron chi connectivity index (χ1n) is 7.74. The largest absolute Gasteiger partial charge is 0.497 e. The predicted octanol–water partition coefficient (Wildman–Crippen LogP) is 1.75. The molecule has 120 valence electrons. The van der Waals surface area contributed by atoms with Gasteiger partial charge in [0, 0.05) is 32.5 Å². The summed E-state index contributed by atoms with van der Waals surface area (Å²) in [6, 6.07) is 8.02. The van der Waals surface area contributed by atoms with Crippen LogP contribution < -0.4 is 10.1 Å². The Morgan fingerprint density at radius 3 is 2.73 bits per heavy atom. The zero-order valence-electron chi connectivity index (χ0n) is 13.3. The highest BCUT2D eigenvalue weighted by Gasteiger charge is 2.23. The van der Waals surface area contributed by atoms with E-state index >= 15 is 0 Å². The van der Waals surface area contributed by atoms with Crippen molar-refractivity contribution >= 4 is 11.8 Å². The molecule has 0 radical (unpaired) electrons. The van der Waals surface area contributed by atoms with E-state index in [0.29, 0.717) is 19.4 Å². The van der Waals surface area contributed by atoms with Gasteiger partial charge in [-0.2, -0.15) is 0 Å².